The molecule has 8 nitrogen and oxygen atoms in total. The third kappa shape index (κ3) is 2.94. The Kier molecular flexibility index (Phi) is 4.56. The van der Waals surface area contributed by atoms with Crippen LogP contribution in [0.4, 0.5) is 10.2 Å². The lowest BCUT2D eigenvalue weighted by atomic mass is 10.0. The van der Waals surface area contributed by atoms with Crippen LogP contribution in [0.3, 0.4) is 0 Å². The number of aryl methyl sites for hydroxylation is 1. The van der Waals surface area contributed by atoms with E-state index in [1.807, 2.05) is 25.7 Å². The van der Waals surface area contributed by atoms with Crippen LogP contribution in [-0.4, -0.2) is 38.7 Å². The van der Waals surface area contributed by atoms with Gasteiger partial charge in [0.15, 0.2) is 0 Å². The van der Waals surface area contributed by atoms with E-state index >= 15 is 4.39 Å². The summed E-state index contributed by atoms with van der Waals surface area (Å²) in [6, 6.07) is 1.78. The number of hydrogen-bond donors (Lipinski definition) is 1. The van der Waals surface area contributed by atoms with Crippen molar-refractivity contribution in [3.63, 3.8) is 0 Å². The van der Waals surface area contributed by atoms with Crippen molar-refractivity contribution in [1.82, 2.24) is 19.5 Å². The molecule has 0 aliphatic carbocycles. The first-order valence-corrected chi connectivity index (χ1v) is 10.6. The minimum atomic E-state index is -1.03. The molecule has 31 heavy (non-hydrogen) atoms. The van der Waals surface area contributed by atoms with E-state index in [4.69, 9.17) is 4.74 Å². The number of nitrogens with one attached hydrogen (secondary N) is 1. The molecular formula is C22H24FN5O3. The van der Waals surface area contributed by atoms with Gasteiger partial charge >= 0.3 is 5.69 Å². The fourth-order valence-electron chi connectivity index (χ4n) is 4.70. The lowest BCUT2D eigenvalue weighted by molar-refractivity contribution is 0.259. The number of nitrogens with zero attached hydrogens (tertiary/aromatic N) is 4. The van der Waals surface area contributed by atoms with E-state index in [0.717, 1.165) is 24.8 Å². The summed E-state index contributed by atoms with van der Waals surface area (Å²) < 4.78 is 22.6. The Morgan fingerprint density at radius 3 is 2.87 bits per heavy atom. The maximum atomic E-state index is 15.4. The highest BCUT2D eigenvalue weighted by molar-refractivity contribution is 5.95. The van der Waals surface area contributed by atoms with Gasteiger partial charge in [0.05, 0.1) is 17.4 Å². The highest BCUT2D eigenvalue weighted by atomic mass is 19.1. The van der Waals surface area contributed by atoms with Crippen LogP contribution in [0.2, 0.25) is 0 Å². The lowest BCUT2D eigenvalue weighted by Gasteiger charge is -2.34. The van der Waals surface area contributed by atoms with E-state index in [1.54, 1.807) is 12.3 Å². The van der Waals surface area contributed by atoms with Crippen molar-refractivity contribution >= 4 is 16.7 Å². The first-order valence-electron chi connectivity index (χ1n) is 10.6. The Bertz CT molecular complexity index is 1310. The molecule has 1 N–H and O–H groups in total. The first kappa shape index (κ1) is 19.7. The number of fused-ring (bicyclic) bond motifs is 2. The molecule has 0 unspecified atom stereocenters. The van der Waals surface area contributed by atoms with Gasteiger partial charge in [-0.25, -0.2) is 4.79 Å². The van der Waals surface area contributed by atoms with Crippen molar-refractivity contribution in [2.24, 2.45) is 0 Å². The predicted octanol–water partition coefficient (Wildman–Crippen LogP) is 2.79. The molecular weight excluding hydrogens is 401 g/mol. The number of rotatable bonds is 2. The van der Waals surface area contributed by atoms with Gasteiger partial charge in [0.1, 0.15) is 23.3 Å². The molecule has 3 aromatic heterocycles. The number of aromatic nitrogens is 4. The van der Waals surface area contributed by atoms with Crippen LogP contribution in [-0.2, 0) is 0 Å². The molecule has 0 saturated carbocycles. The standard InChI is InChI=1S/C22H24FN5O3/c1-11(2)16-17(12(3)7-8-24-16)28-18-14-19(25-22(28)30)27-9-5-4-6-13(27)10-31-21(14)26-20(29)15(18)23/h7-8,11,13H,4-6,9-10H2,1-3H3,(H,26,29)/t13-/m1/s1. The molecule has 5 heterocycles. The lowest BCUT2D eigenvalue weighted by Crippen LogP contribution is -2.43. The smallest absolute Gasteiger partial charge is 0.354 e. The minimum absolute atomic E-state index is 0.0185. The fraction of sp³-hybridized carbons (Fsp3) is 0.455. The molecule has 2 aliphatic heterocycles. The summed E-state index contributed by atoms with van der Waals surface area (Å²) in [5.41, 5.74) is 0.146. The molecule has 1 atom stereocenters. The minimum Gasteiger partial charge on any atom is -0.476 e. The second-order valence-corrected chi connectivity index (χ2v) is 8.54. The molecule has 0 radical (unpaired) electrons. The number of H-pyrrole nitrogens is 1. The number of pyridine rings is 2. The number of anilines is 1. The maximum Gasteiger partial charge on any atom is 0.354 e. The van der Waals surface area contributed by atoms with Gasteiger partial charge in [0.25, 0.3) is 5.56 Å². The largest absolute Gasteiger partial charge is 0.476 e. The Morgan fingerprint density at radius 1 is 1.29 bits per heavy atom. The normalized spacial score (nSPS) is 18.1. The van der Waals surface area contributed by atoms with Crippen molar-refractivity contribution in [1.29, 1.82) is 0 Å². The summed E-state index contributed by atoms with van der Waals surface area (Å²) in [6.45, 7) is 6.76. The second-order valence-electron chi connectivity index (χ2n) is 8.54. The van der Waals surface area contributed by atoms with Crippen LogP contribution in [0.15, 0.2) is 21.9 Å². The first-order chi connectivity index (χ1) is 14.9. The molecule has 0 bridgehead atoms. The van der Waals surface area contributed by atoms with Gasteiger partial charge in [-0.05, 0) is 43.7 Å². The van der Waals surface area contributed by atoms with Crippen molar-refractivity contribution in [3.8, 4) is 11.6 Å². The van der Waals surface area contributed by atoms with Crippen molar-refractivity contribution in [2.75, 3.05) is 18.1 Å². The molecule has 3 aromatic rings. The highest BCUT2D eigenvalue weighted by Crippen LogP contribution is 2.38. The van der Waals surface area contributed by atoms with Crippen molar-refractivity contribution < 1.29 is 9.13 Å². The Hall–Kier alpha value is -3.23. The van der Waals surface area contributed by atoms with Crippen LogP contribution in [0.5, 0.6) is 5.88 Å². The van der Waals surface area contributed by atoms with Gasteiger partial charge < -0.3 is 9.64 Å². The van der Waals surface area contributed by atoms with E-state index in [0.29, 0.717) is 35.7 Å². The molecule has 1 fully saturated rings. The van der Waals surface area contributed by atoms with Crippen LogP contribution in [0, 0.1) is 12.7 Å². The monoisotopic (exact) mass is 425 g/mol. The van der Waals surface area contributed by atoms with E-state index in [9.17, 15) is 9.59 Å². The van der Waals surface area contributed by atoms with E-state index in [1.165, 1.54) is 4.57 Å². The van der Waals surface area contributed by atoms with Crippen molar-refractivity contribution in [2.45, 2.75) is 52.0 Å². The Morgan fingerprint density at radius 2 is 2.10 bits per heavy atom. The number of ether oxygens (including phenoxy) is 1. The van der Waals surface area contributed by atoms with Gasteiger partial charge in [0, 0.05) is 12.7 Å². The van der Waals surface area contributed by atoms with E-state index in [-0.39, 0.29) is 23.4 Å². The van der Waals surface area contributed by atoms with Gasteiger partial charge in [-0.1, -0.05) is 13.8 Å². The average molecular weight is 425 g/mol. The average Bonchev–Trinajstić information content (AvgIpc) is 2.89. The third-order valence-corrected chi connectivity index (χ3v) is 6.18. The van der Waals surface area contributed by atoms with Gasteiger partial charge in [-0.15, -0.1) is 0 Å². The molecule has 0 spiro atoms. The SMILES string of the molecule is Cc1ccnc(C(C)C)c1-n1c(=O)nc2c3c([nH]c(=O)c(F)c31)OC[C@H]1CCCCN21. The van der Waals surface area contributed by atoms with Crippen LogP contribution >= 0.6 is 0 Å². The zero-order chi connectivity index (χ0) is 21.9. The molecule has 162 valence electrons. The summed E-state index contributed by atoms with van der Waals surface area (Å²) in [5.74, 6) is -0.535. The van der Waals surface area contributed by atoms with Gasteiger partial charge in [-0.2, -0.15) is 9.37 Å². The van der Waals surface area contributed by atoms with Gasteiger partial charge in [0.2, 0.25) is 11.7 Å². The van der Waals surface area contributed by atoms with E-state index in [2.05, 4.69) is 15.0 Å². The number of aromatic amines is 1. The number of piperidine rings is 1. The predicted molar refractivity (Wildman–Crippen MR) is 115 cm³/mol. The fourth-order valence-corrected chi connectivity index (χ4v) is 4.70. The quantitative estimate of drug-likeness (QED) is 0.679. The third-order valence-electron chi connectivity index (χ3n) is 6.18. The van der Waals surface area contributed by atoms with Crippen LogP contribution in [0.1, 0.15) is 50.3 Å². The van der Waals surface area contributed by atoms with E-state index < -0.39 is 17.1 Å². The summed E-state index contributed by atoms with van der Waals surface area (Å²) >= 11 is 0. The zero-order valence-electron chi connectivity index (χ0n) is 17.7. The summed E-state index contributed by atoms with van der Waals surface area (Å²) in [5, 5.41) is 0.319. The summed E-state index contributed by atoms with van der Waals surface area (Å²) in [7, 11) is 0. The summed E-state index contributed by atoms with van der Waals surface area (Å²) in [6.07, 6.45) is 4.53. The molecule has 5 rings (SSSR count). The topological polar surface area (TPSA) is 93.1 Å². The molecule has 2 aliphatic rings. The molecule has 9 heteroatoms. The number of halogens is 1. The summed E-state index contributed by atoms with van der Waals surface area (Å²) in [4.78, 5) is 39.3. The Balaban J connectivity index is 1.95. The van der Waals surface area contributed by atoms with Crippen LogP contribution < -0.4 is 20.9 Å². The zero-order valence-corrected chi connectivity index (χ0v) is 17.7. The molecule has 0 aromatic carbocycles. The van der Waals surface area contributed by atoms with Crippen LogP contribution in [0.25, 0.3) is 16.6 Å². The second kappa shape index (κ2) is 7.18. The maximum absolute atomic E-state index is 15.4. The molecule has 0 amide bonds. The van der Waals surface area contributed by atoms with Gasteiger partial charge in [-0.3, -0.25) is 19.3 Å². The number of hydrogen-bond acceptors (Lipinski definition) is 6. The molecule has 1 saturated heterocycles. The highest BCUT2D eigenvalue weighted by Gasteiger charge is 2.34. The van der Waals surface area contributed by atoms with Crippen molar-refractivity contribution in [3.05, 3.63) is 50.2 Å². The Labute approximate surface area is 177 Å².